The molecule has 0 radical (unpaired) electrons. The van der Waals surface area contributed by atoms with Crippen LogP contribution < -0.4 is 5.84 Å². The van der Waals surface area contributed by atoms with Crippen molar-refractivity contribution in [2.75, 3.05) is 0 Å². The molecule has 0 rings (SSSR count). The van der Waals surface area contributed by atoms with E-state index in [2.05, 4.69) is 11.8 Å². The third-order valence-electron chi connectivity index (χ3n) is 1.97. The van der Waals surface area contributed by atoms with Crippen LogP contribution in [0.4, 0.5) is 0 Å². The molecule has 5 nitrogen and oxygen atoms in total. The molecular weight excluding hydrogens is 264 g/mol. The van der Waals surface area contributed by atoms with Crippen molar-refractivity contribution in [1.29, 1.82) is 0 Å². The summed E-state index contributed by atoms with van der Waals surface area (Å²) in [6, 6.07) is 0. The molecule has 0 aromatic carbocycles. The Kier molecular flexibility index (Phi) is 6.67. The van der Waals surface area contributed by atoms with Crippen LogP contribution >= 0.6 is 11.8 Å². The minimum Gasteiger partial charge on any atom is -0.477 e. The van der Waals surface area contributed by atoms with E-state index in [1.807, 2.05) is 20.8 Å². The van der Waals surface area contributed by atoms with Crippen molar-refractivity contribution < 1.29 is 14.7 Å². The zero-order valence-electron chi connectivity index (χ0n) is 11.9. The van der Waals surface area contributed by atoms with Gasteiger partial charge < -0.3 is 5.11 Å². The molecule has 1 unspecified atom stereocenters. The van der Waals surface area contributed by atoms with Crippen molar-refractivity contribution in [1.82, 2.24) is 5.01 Å². The number of aliphatic carboxylic acids is 1. The highest BCUT2D eigenvalue weighted by Gasteiger charge is 2.18. The molecule has 0 spiro atoms. The standard InChI is InChI=1S/C13H20N2O3S/c1-9(6-7-13(3,4)5)19-11(12(17)18)10(2)15(14)8-16/h8-9H,14H2,1-5H3,(H,17,18)/b11-10+. The maximum atomic E-state index is 11.2. The number of nitrogens with two attached hydrogens (primary N) is 1. The summed E-state index contributed by atoms with van der Waals surface area (Å²) in [5.74, 6) is 10.3. The average molecular weight is 284 g/mol. The first kappa shape index (κ1) is 17.6. The molecule has 0 bridgehead atoms. The van der Waals surface area contributed by atoms with E-state index in [1.165, 1.54) is 6.92 Å². The molecule has 0 aliphatic carbocycles. The fraction of sp³-hybridized carbons (Fsp3) is 0.538. The van der Waals surface area contributed by atoms with E-state index in [-0.39, 0.29) is 21.3 Å². The first-order chi connectivity index (χ1) is 8.58. The van der Waals surface area contributed by atoms with Crippen LogP contribution in [0.2, 0.25) is 0 Å². The van der Waals surface area contributed by atoms with E-state index >= 15 is 0 Å². The minimum atomic E-state index is -1.12. The second kappa shape index (κ2) is 7.22. The molecule has 0 aromatic heterocycles. The summed E-state index contributed by atoms with van der Waals surface area (Å²) < 4.78 is 0. The van der Waals surface area contributed by atoms with Crippen LogP contribution in [0.3, 0.4) is 0 Å². The van der Waals surface area contributed by atoms with Gasteiger partial charge in [-0.05, 0) is 34.6 Å². The van der Waals surface area contributed by atoms with Gasteiger partial charge in [-0.2, -0.15) is 0 Å². The molecule has 0 aliphatic heterocycles. The van der Waals surface area contributed by atoms with E-state index < -0.39 is 5.97 Å². The van der Waals surface area contributed by atoms with Gasteiger partial charge in [0.2, 0.25) is 6.41 Å². The van der Waals surface area contributed by atoms with Crippen molar-refractivity contribution in [2.24, 2.45) is 11.3 Å². The summed E-state index contributed by atoms with van der Waals surface area (Å²) >= 11 is 1.07. The average Bonchev–Trinajstić information content (AvgIpc) is 2.30. The Balaban J connectivity index is 5.12. The second-order valence-electron chi connectivity index (χ2n) is 5.01. The second-order valence-corrected chi connectivity index (χ2v) is 6.36. The third kappa shape index (κ3) is 6.89. The number of rotatable bonds is 5. The van der Waals surface area contributed by atoms with Gasteiger partial charge in [-0.25, -0.2) is 10.6 Å². The number of hydrazine groups is 1. The molecule has 1 atom stereocenters. The van der Waals surface area contributed by atoms with Crippen LogP contribution in [0.15, 0.2) is 10.6 Å². The molecule has 6 heteroatoms. The third-order valence-corrected chi connectivity index (χ3v) is 3.15. The van der Waals surface area contributed by atoms with E-state index in [1.54, 1.807) is 6.92 Å². The van der Waals surface area contributed by atoms with E-state index in [4.69, 9.17) is 10.9 Å². The van der Waals surface area contributed by atoms with Gasteiger partial charge >= 0.3 is 5.97 Å². The predicted octanol–water partition coefficient (Wildman–Crippen LogP) is 1.81. The number of allylic oxidation sites excluding steroid dienone is 1. The van der Waals surface area contributed by atoms with E-state index in [0.717, 1.165) is 16.8 Å². The monoisotopic (exact) mass is 284 g/mol. The summed E-state index contributed by atoms with van der Waals surface area (Å²) in [6.45, 7) is 9.22. The Morgan fingerprint density at radius 1 is 1.47 bits per heavy atom. The molecule has 0 saturated heterocycles. The van der Waals surface area contributed by atoms with Gasteiger partial charge in [-0.15, -0.1) is 11.8 Å². The number of hydrogen-bond donors (Lipinski definition) is 2. The smallest absolute Gasteiger partial charge is 0.344 e. The minimum absolute atomic E-state index is 0.0188. The fourth-order valence-corrected chi connectivity index (χ4v) is 1.86. The topological polar surface area (TPSA) is 83.6 Å². The number of amides is 1. The molecule has 0 saturated carbocycles. The summed E-state index contributed by atoms with van der Waals surface area (Å²) in [5, 5.41) is 9.68. The van der Waals surface area contributed by atoms with Crippen LogP contribution in [0.25, 0.3) is 0 Å². The normalized spacial score (nSPS) is 13.8. The van der Waals surface area contributed by atoms with E-state index in [9.17, 15) is 9.59 Å². The lowest BCUT2D eigenvalue weighted by atomic mass is 9.98. The van der Waals surface area contributed by atoms with Crippen molar-refractivity contribution in [3.8, 4) is 11.8 Å². The van der Waals surface area contributed by atoms with Gasteiger partial charge in [0.1, 0.15) is 4.91 Å². The maximum Gasteiger partial charge on any atom is 0.344 e. The van der Waals surface area contributed by atoms with Gasteiger partial charge in [-0.1, -0.05) is 11.8 Å². The number of hydrogen-bond acceptors (Lipinski definition) is 4. The predicted molar refractivity (Wildman–Crippen MR) is 76.7 cm³/mol. The Labute approximate surface area is 118 Å². The summed E-state index contributed by atoms with van der Waals surface area (Å²) in [7, 11) is 0. The number of thioether (sulfide) groups is 1. The number of carboxylic acid groups (broad SMARTS) is 1. The Morgan fingerprint density at radius 2 is 2.00 bits per heavy atom. The molecular formula is C13H20N2O3S. The van der Waals surface area contributed by atoms with Crippen molar-refractivity contribution in [3.63, 3.8) is 0 Å². The van der Waals surface area contributed by atoms with Crippen LogP contribution in [-0.4, -0.2) is 27.7 Å². The van der Waals surface area contributed by atoms with Gasteiger partial charge in [0.15, 0.2) is 0 Å². The van der Waals surface area contributed by atoms with Crippen molar-refractivity contribution in [2.45, 2.75) is 39.9 Å². The van der Waals surface area contributed by atoms with Crippen LogP contribution in [0, 0.1) is 17.3 Å². The van der Waals surface area contributed by atoms with Gasteiger partial charge in [0, 0.05) is 5.41 Å². The van der Waals surface area contributed by atoms with E-state index in [0.29, 0.717) is 6.41 Å². The highest BCUT2D eigenvalue weighted by atomic mass is 32.2. The quantitative estimate of drug-likeness (QED) is 0.201. The Morgan fingerprint density at radius 3 is 2.37 bits per heavy atom. The Hall–Kier alpha value is -1.45. The molecule has 19 heavy (non-hydrogen) atoms. The maximum absolute atomic E-state index is 11.2. The van der Waals surface area contributed by atoms with Crippen molar-refractivity contribution >= 4 is 24.1 Å². The highest BCUT2D eigenvalue weighted by Crippen LogP contribution is 2.25. The first-order valence-electron chi connectivity index (χ1n) is 5.71. The highest BCUT2D eigenvalue weighted by molar-refractivity contribution is 8.04. The molecule has 106 valence electrons. The lowest BCUT2D eigenvalue weighted by molar-refractivity contribution is -0.131. The molecule has 0 aromatic rings. The van der Waals surface area contributed by atoms with Crippen molar-refractivity contribution in [3.05, 3.63) is 10.6 Å². The molecule has 3 N–H and O–H groups in total. The van der Waals surface area contributed by atoms with Crippen LogP contribution in [-0.2, 0) is 9.59 Å². The van der Waals surface area contributed by atoms with Crippen LogP contribution in [0.5, 0.6) is 0 Å². The summed E-state index contributed by atoms with van der Waals surface area (Å²) in [5.41, 5.74) is 0.0524. The van der Waals surface area contributed by atoms with Crippen LogP contribution in [0.1, 0.15) is 34.6 Å². The Bertz CT molecular complexity index is 441. The first-order valence-corrected chi connectivity index (χ1v) is 6.59. The number of carbonyl (C=O) groups is 2. The molecule has 0 heterocycles. The lowest BCUT2D eigenvalue weighted by Crippen LogP contribution is -2.29. The summed E-state index contributed by atoms with van der Waals surface area (Å²) in [6.07, 6.45) is 0.365. The molecule has 0 fully saturated rings. The number of nitrogens with zero attached hydrogens (tertiary/aromatic N) is 1. The summed E-state index contributed by atoms with van der Waals surface area (Å²) in [4.78, 5) is 21.7. The zero-order chi connectivity index (χ0) is 15.2. The van der Waals surface area contributed by atoms with Gasteiger partial charge in [-0.3, -0.25) is 9.80 Å². The van der Waals surface area contributed by atoms with Gasteiger partial charge in [0.05, 0.1) is 10.9 Å². The molecule has 1 amide bonds. The molecule has 0 aliphatic rings. The lowest BCUT2D eigenvalue weighted by Gasteiger charge is -2.15. The fourth-order valence-electron chi connectivity index (χ4n) is 1.01. The largest absolute Gasteiger partial charge is 0.477 e. The number of carbonyl (C=O) groups excluding carboxylic acids is 1. The number of carboxylic acids is 1. The SMILES string of the molecule is C/C(=C(\SC(C)C#CC(C)(C)C)C(=O)O)N(N)C=O. The zero-order valence-corrected chi connectivity index (χ0v) is 12.7. The van der Waals surface area contributed by atoms with Gasteiger partial charge in [0.25, 0.3) is 0 Å².